The molecule has 3 heterocycles. The van der Waals surface area contributed by atoms with E-state index in [-0.39, 0.29) is 5.91 Å². The van der Waals surface area contributed by atoms with Gasteiger partial charge in [-0.3, -0.25) is 19.5 Å². The van der Waals surface area contributed by atoms with Gasteiger partial charge in [0.15, 0.2) is 0 Å². The van der Waals surface area contributed by atoms with Gasteiger partial charge < -0.3 is 10.2 Å². The Morgan fingerprint density at radius 3 is 2.45 bits per heavy atom. The third-order valence-electron chi connectivity index (χ3n) is 7.30. The molecule has 1 saturated carbocycles. The van der Waals surface area contributed by atoms with Crippen molar-refractivity contribution in [3.63, 3.8) is 0 Å². The van der Waals surface area contributed by atoms with Crippen LogP contribution in [-0.4, -0.2) is 51.8 Å². The van der Waals surface area contributed by atoms with E-state index in [0.29, 0.717) is 34.5 Å². The van der Waals surface area contributed by atoms with Crippen LogP contribution in [0.2, 0.25) is 5.02 Å². The molecule has 7 heteroatoms. The van der Waals surface area contributed by atoms with Gasteiger partial charge in [-0.1, -0.05) is 11.6 Å². The number of benzene rings is 1. The van der Waals surface area contributed by atoms with Crippen LogP contribution in [0.5, 0.6) is 0 Å². The number of halogens is 1. The van der Waals surface area contributed by atoms with Gasteiger partial charge in [-0.2, -0.15) is 0 Å². The molecular formula is C26H31ClN4O2. The second-order valence-electron chi connectivity index (χ2n) is 9.91. The number of nitrogens with one attached hydrogen (secondary N) is 1. The fraction of sp³-hybridized carbons (Fsp3) is 0.500. The van der Waals surface area contributed by atoms with Crippen molar-refractivity contribution in [2.45, 2.75) is 64.6 Å². The minimum atomic E-state index is -0.195. The zero-order valence-electron chi connectivity index (χ0n) is 19.3. The largest absolute Gasteiger partial charge is 0.334 e. The van der Waals surface area contributed by atoms with Crippen LogP contribution in [0.1, 0.15) is 59.3 Å². The number of pyridine rings is 1. The van der Waals surface area contributed by atoms with Crippen molar-refractivity contribution in [1.82, 2.24) is 14.8 Å². The van der Waals surface area contributed by atoms with Crippen molar-refractivity contribution in [2.75, 3.05) is 18.4 Å². The average Bonchev–Trinajstić information content (AvgIpc) is 3.54. The van der Waals surface area contributed by atoms with Crippen molar-refractivity contribution in [3.05, 3.63) is 57.9 Å². The highest BCUT2D eigenvalue weighted by atomic mass is 35.5. The summed E-state index contributed by atoms with van der Waals surface area (Å²) in [7, 11) is 0. The molecule has 1 aromatic carbocycles. The number of anilines is 1. The zero-order valence-corrected chi connectivity index (χ0v) is 20.1. The lowest BCUT2D eigenvalue weighted by Crippen LogP contribution is -2.55. The maximum atomic E-state index is 12.8. The van der Waals surface area contributed by atoms with E-state index in [1.54, 1.807) is 18.3 Å². The van der Waals surface area contributed by atoms with E-state index in [1.807, 2.05) is 26.0 Å². The van der Waals surface area contributed by atoms with Gasteiger partial charge >= 0.3 is 0 Å². The van der Waals surface area contributed by atoms with Crippen LogP contribution < -0.4 is 5.32 Å². The number of rotatable bonds is 6. The number of aromatic nitrogens is 1. The molecule has 0 spiro atoms. The lowest BCUT2D eigenvalue weighted by Gasteiger charge is -2.41. The molecule has 1 N–H and O–H groups in total. The molecule has 3 aliphatic rings. The van der Waals surface area contributed by atoms with Crippen LogP contribution in [0, 0.1) is 19.8 Å². The second-order valence-corrected chi connectivity index (χ2v) is 10.3. The minimum Gasteiger partial charge on any atom is -0.334 e. The fourth-order valence-corrected chi connectivity index (χ4v) is 5.51. The molecule has 2 atom stereocenters. The number of hydrogen-bond acceptors (Lipinski definition) is 4. The van der Waals surface area contributed by atoms with Gasteiger partial charge in [0.1, 0.15) is 0 Å². The molecule has 2 aliphatic heterocycles. The number of piperazine rings is 1. The average molecular weight is 467 g/mol. The SMILES string of the molecule is Cc1ccc(C(=O)Nc2cc(Cl)cc(CN3CC4CCC(C3)N4C(=O)CC3CC3)c2C)cn1. The number of hydrogen-bond donors (Lipinski definition) is 1. The van der Waals surface area contributed by atoms with Gasteiger partial charge in [-0.25, -0.2) is 0 Å². The van der Waals surface area contributed by atoms with E-state index < -0.39 is 0 Å². The molecule has 1 aromatic heterocycles. The first kappa shape index (κ1) is 22.4. The Morgan fingerprint density at radius 1 is 1.09 bits per heavy atom. The summed E-state index contributed by atoms with van der Waals surface area (Å²) in [5, 5.41) is 3.61. The third kappa shape index (κ3) is 4.92. The molecule has 2 unspecified atom stereocenters. The maximum absolute atomic E-state index is 12.8. The van der Waals surface area contributed by atoms with Crippen molar-refractivity contribution in [2.24, 2.45) is 5.92 Å². The zero-order chi connectivity index (χ0) is 23.1. The molecule has 33 heavy (non-hydrogen) atoms. The Balaban J connectivity index is 1.27. The Kier molecular flexibility index (Phi) is 6.14. The van der Waals surface area contributed by atoms with E-state index in [1.165, 1.54) is 12.8 Å². The van der Waals surface area contributed by atoms with Crippen LogP contribution in [0.25, 0.3) is 0 Å². The summed E-state index contributed by atoms with van der Waals surface area (Å²) in [6, 6.07) is 8.04. The summed E-state index contributed by atoms with van der Waals surface area (Å²) in [6.07, 6.45) is 6.95. The molecule has 174 valence electrons. The monoisotopic (exact) mass is 466 g/mol. The van der Waals surface area contributed by atoms with Crippen LogP contribution in [0.15, 0.2) is 30.5 Å². The first-order chi connectivity index (χ1) is 15.9. The van der Waals surface area contributed by atoms with Crippen LogP contribution in [0.3, 0.4) is 0 Å². The molecule has 2 aromatic rings. The van der Waals surface area contributed by atoms with E-state index >= 15 is 0 Å². The summed E-state index contributed by atoms with van der Waals surface area (Å²) in [5.41, 5.74) is 4.25. The normalized spacial score (nSPS) is 22.5. The molecule has 2 saturated heterocycles. The van der Waals surface area contributed by atoms with E-state index in [0.717, 1.165) is 61.4 Å². The van der Waals surface area contributed by atoms with Crippen molar-refractivity contribution >= 4 is 29.1 Å². The lowest BCUT2D eigenvalue weighted by molar-refractivity contribution is -0.137. The highest BCUT2D eigenvalue weighted by molar-refractivity contribution is 6.31. The number of amides is 2. The molecular weight excluding hydrogens is 436 g/mol. The molecule has 2 amide bonds. The molecule has 5 rings (SSSR count). The summed E-state index contributed by atoms with van der Waals surface area (Å²) in [5.74, 6) is 0.798. The second kappa shape index (κ2) is 9.07. The Labute approximate surface area is 200 Å². The fourth-order valence-electron chi connectivity index (χ4n) is 5.27. The van der Waals surface area contributed by atoms with Gasteiger partial charge in [0, 0.05) is 60.7 Å². The molecule has 2 bridgehead atoms. The highest BCUT2D eigenvalue weighted by Gasteiger charge is 2.43. The highest BCUT2D eigenvalue weighted by Crippen LogP contribution is 2.37. The van der Waals surface area contributed by atoms with E-state index in [4.69, 9.17) is 11.6 Å². The minimum absolute atomic E-state index is 0.195. The summed E-state index contributed by atoms with van der Waals surface area (Å²) < 4.78 is 0. The van der Waals surface area contributed by atoms with Crippen molar-refractivity contribution < 1.29 is 9.59 Å². The maximum Gasteiger partial charge on any atom is 0.257 e. The van der Waals surface area contributed by atoms with Gasteiger partial charge in [0.2, 0.25) is 5.91 Å². The summed E-state index contributed by atoms with van der Waals surface area (Å²) in [6.45, 7) is 6.48. The standard InChI is InChI=1S/C26H31ClN4O2/c1-16-3-6-19(12-28-16)26(33)29-24-11-21(27)10-20(17(24)2)13-30-14-22-7-8-23(15-30)31(22)25(32)9-18-4-5-18/h3,6,10-12,18,22-23H,4-5,7-9,13-15H2,1-2H3,(H,29,33). The van der Waals surface area contributed by atoms with Crippen molar-refractivity contribution in [3.8, 4) is 0 Å². The predicted octanol–water partition coefficient (Wildman–Crippen LogP) is 4.58. The van der Waals surface area contributed by atoms with Crippen LogP contribution >= 0.6 is 11.6 Å². The first-order valence-corrected chi connectivity index (χ1v) is 12.3. The quantitative estimate of drug-likeness (QED) is 0.676. The lowest BCUT2D eigenvalue weighted by atomic mass is 10.0. The number of aryl methyl sites for hydroxylation is 1. The van der Waals surface area contributed by atoms with Gasteiger partial charge in [-0.05, 0) is 80.8 Å². The topological polar surface area (TPSA) is 65.5 Å². The third-order valence-corrected chi connectivity index (χ3v) is 7.52. The first-order valence-electron chi connectivity index (χ1n) is 11.9. The van der Waals surface area contributed by atoms with Crippen LogP contribution in [0.4, 0.5) is 5.69 Å². The number of nitrogens with zero attached hydrogens (tertiary/aromatic N) is 3. The van der Waals surface area contributed by atoms with E-state index in [9.17, 15) is 9.59 Å². The van der Waals surface area contributed by atoms with Gasteiger partial charge in [0.25, 0.3) is 5.91 Å². The Morgan fingerprint density at radius 2 is 1.82 bits per heavy atom. The number of carbonyl (C=O) groups is 2. The molecule has 6 nitrogen and oxygen atoms in total. The Bertz CT molecular complexity index is 1050. The van der Waals surface area contributed by atoms with Crippen LogP contribution in [-0.2, 0) is 11.3 Å². The Hall–Kier alpha value is -2.44. The van der Waals surface area contributed by atoms with Gasteiger partial charge in [0.05, 0.1) is 5.56 Å². The smallest absolute Gasteiger partial charge is 0.257 e. The number of fused-ring (bicyclic) bond motifs is 2. The molecule has 0 radical (unpaired) electrons. The molecule has 3 fully saturated rings. The van der Waals surface area contributed by atoms with Gasteiger partial charge in [-0.15, -0.1) is 0 Å². The van der Waals surface area contributed by atoms with E-state index in [2.05, 4.69) is 20.1 Å². The van der Waals surface area contributed by atoms with Crippen molar-refractivity contribution in [1.29, 1.82) is 0 Å². The summed E-state index contributed by atoms with van der Waals surface area (Å²) in [4.78, 5) is 34.4. The molecule has 1 aliphatic carbocycles. The number of likely N-dealkylation sites (tertiary alicyclic amines) is 1. The summed E-state index contributed by atoms with van der Waals surface area (Å²) >= 11 is 6.44. The number of carbonyl (C=O) groups excluding carboxylic acids is 2. The predicted molar refractivity (Wildman–Crippen MR) is 129 cm³/mol.